The molecule has 0 amide bonds. The van der Waals surface area contributed by atoms with Crippen LogP contribution in [0.15, 0.2) is 18.2 Å². The van der Waals surface area contributed by atoms with Crippen LogP contribution in [0.5, 0.6) is 0 Å². The van der Waals surface area contributed by atoms with Gasteiger partial charge in [0, 0.05) is 21.5 Å². The average molecular weight is 381 g/mol. The lowest BCUT2D eigenvalue weighted by molar-refractivity contribution is -0.152. The summed E-state index contributed by atoms with van der Waals surface area (Å²) >= 11 is 11.9. The van der Waals surface area contributed by atoms with Crippen molar-refractivity contribution in [3.05, 3.63) is 33.8 Å². The monoisotopic (exact) mass is 379 g/mol. The van der Waals surface area contributed by atoms with Gasteiger partial charge in [-0.15, -0.1) is 12.4 Å². The van der Waals surface area contributed by atoms with Crippen LogP contribution in [0.1, 0.15) is 18.4 Å². The van der Waals surface area contributed by atoms with E-state index >= 15 is 0 Å². The van der Waals surface area contributed by atoms with E-state index in [0.29, 0.717) is 28.5 Å². The summed E-state index contributed by atoms with van der Waals surface area (Å²) in [6, 6.07) is 4.88. The molecule has 2 saturated carbocycles. The molecule has 0 aliphatic heterocycles. The Morgan fingerprint density at radius 3 is 2.70 bits per heavy atom. The Balaban J connectivity index is 0.00000192. The number of carbonyl (C=O) groups is 2. The molecule has 0 bridgehead atoms. The zero-order valence-corrected chi connectivity index (χ0v) is 14.3. The van der Waals surface area contributed by atoms with E-state index in [2.05, 4.69) is 0 Å². The molecule has 0 unspecified atom stereocenters. The number of rotatable bonds is 4. The first-order valence-electron chi connectivity index (χ1n) is 6.97. The van der Waals surface area contributed by atoms with E-state index in [0.717, 1.165) is 0 Å². The van der Waals surface area contributed by atoms with Crippen LogP contribution in [0.3, 0.4) is 0 Å². The molecule has 0 saturated heterocycles. The highest BCUT2D eigenvalue weighted by Gasteiger charge is 2.70. The van der Waals surface area contributed by atoms with E-state index in [1.54, 1.807) is 18.2 Å². The molecule has 126 valence electrons. The number of aliphatic carboxylic acids is 1. The number of esters is 1. The first kappa shape index (κ1) is 18.3. The number of halogens is 3. The highest BCUT2D eigenvalue weighted by atomic mass is 35.5. The predicted octanol–water partition coefficient (Wildman–Crippen LogP) is 2.90. The normalized spacial score (nSPS) is 31.0. The summed E-state index contributed by atoms with van der Waals surface area (Å²) in [5.74, 6) is -2.33. The van der Waals surface area contributed by atoms with E-state index in [4.69, 9.17) is 38.8 Å². The van der Waals surface area contributed by atoms with Crippen LogP contribution in [-0.2, 0) is 20.9 Å². The first-order valence-corrected chi connectivity index (χ1v) is 7.73. The van der Waals surface area contributed by atoms with Crippen LogP contribution in [0, 0.1) is 17.8 Å². The number of carboxylic acid groups (broad SMARTS) is 1. The number of hydrogen-bond donors (Lipinski definition) is 2. The van der Waals surface area contributed by atoms with E-state index < -0.39 is 23.4 Å². The Morgan fingerprint density at radius 2 is 2.09 bits per heavy atom. The first-order chi connectivity index (χ1) is 10.3. The lowest BCUT2D eigenvalue weighted by Crippen LogP contribution is -2.50. The van der Waals surface area contributed by atoms with Crippen molar-refractivity contribution in [2.45, 2.75) is 25.0 Å². The van der Waals surface area contributed by atoms with Gasteiger partial charge in [-0.25, -0.2) is 0 Å². The van der Waals surface area contributed by atoms with E-state index in [9.17, 15) is 9.59 Å². The number of nitrogens with two attached hydrogens (primary N) is 1. The van der Waals surface area contributed by atoms with Gasteiger partial charge < -0.3 is 15.6 Å². The number of ether oxygens (including phenoxy) is 1. The summed E-state index contributed by atoms with van der Waals surface area (Å²) in [6.07, 6.45) is 1.10. The molecular formula is C15H16Cl3NO4. The largest absolute Gasteiger partial charge is 0.481 e. The van der Waals surface area contributed by atoms with Gasteiger partial charge in [0.15, 0.2) is 0 Å². The van der Waals surface area contributed by atoms with Crippen LogP contribution < -0.4 is 5.73 Å². The topological polar surface area (TPSA) is 89.6 Å². The third-order valence-electron chi connectivity index (χ3n) is 4.69. The van der Waals surface area contributed by atoms with Gasteiger partial charge in [-0.3, -0.25) is 9.59 Å². The Kier molecular flexibility index (Phi) is 5.16. The molecule has 1 aromatic rings. The Morgan fingerprint density at radius 1 is 1.39 bits per heavy atom. The van der Waals surface area contributed by atoms with Gasteiger partial charge >= 0.3 is 11.9 Å². The van der Waals surface area contributed by atoms with Crippen molar-refractivity contribution >= 4 is 47.5 Å². The molecule has 0 radical (unpaired) electrons. The van der Waals surface area contributed by atoms with Crippen LogP contribution >= 0.6 is 35.6 Å². The fourth-order valence-corrected chi connectivity index (χ4v) is 3.88. The zero-order chi connectivity index (χ0) is 16.1. The van der Waals surface area contributed by atoms with Gasteiger partial charge in [0.05, 0.1) is 5.92 Å². The second-order valence-electron chi connectivity index (χ2n) is 5.94. The van der Waals surface area contributed by atoms with Crippen molar-refractivity contribution in [2.75, 3.05) is 0 Å². The summed E-state index contributed by atoms with van der Waals surface area (Å²) in [6.45, 7) is -0.0354. The SMILES string of the molecule is Cl.N[C@@]1(C(=O)OCc2cc(Cl)ccc2Cl)CC[C@H]2[C@H](C(=O)O)[C@H]21. The molecular weight excluding hydrogens is 365 g/mol. The minimum Gasteiger partial charge on any atom is -0.481 e. The van der Waals surface area contributed by atoms with E-state index in [-0.39, 0.29) is 30.8 Å². The van der Waals surface area contributed by atoms with Gasteiger partial charge in [-0.2, -0.15) is 0 Å². The summed E-state index contributed by atoms with van der Waals surface area (Å²) in [5, 5.41) is 10.0. The Hall–Kier alpha value is -1.01. The molecule has 0 heterocycles. The highest BCUT2D eigenvalue weighted by Crippen LogP contribution is 2.61. The molecule has 0 spiro atoms. The Labute approximate surface area is 149 Å². The van der Waals surface area contributed by atoms with Crippen LogP contribution in [0.4, 0.5) is 0 Å². The smallest absolute Gasteiger partial charge is 0.326 e. The van der Waals surface area contributed by atoms with Gasteiger partial charge in [-0.05, 0) is 37.0 Å². The fraction of sp³-hybridized carbons (Fsp3) is 0.467. The summed E-state index contributed by atoms with van der Waals surface area (Å²) in [5.41, 5.74) is 5.53. The van der Waals surface area contributed by atoms with E-state index in [1.165, 1.54) is 0 Å². The van der Waals surface area contributed by atoms with Crippen molar-refractivity contribution < 1.29 is 19.4 Å². The highest BCUT2D eigenvalue weighted by molar-refractivity contribution is 6.33. The predicted molar refractivity (Wildman–Crippen MR) is 87.8 cm³/mol. The number of carbonyl (C=O) groups excluding carboxylic acids is 1. The number of fused-ring (bicyclic) bond motifs is 1. The molecule has 2 aliphatic carbocycles. The molecule has 0 aromatic heterocycles. The minimum absolute atomic E-state index is 0. The van der Waals surface area contributed by atoms with Gasteiger partial charge in [0.1, 0.15) is 12.1 Å². The fourth-order valence-electron chi connectivity index (χ4n) is 3.51. The zero-order valence-electron chi connectivity index (χ0n) is 12.0. The second kappa shape index (κ2) is 6.48. The number of benzene rings is 1. The molecule has 3 N–H and O–H groups in total. The maximum absolute atomic E-state index is 12.3. The molecule has 5 nitrogen and oxygen atoms in total. The quantitative estimate of drug-likeness (QED) is 0.784. The molecule has 1 aromatic carbocycles. The molecule has 8 heteroatoms. The molecule has 4 atom stereocenters. The van der Waals surface area contributed by atoms with Crippen molar-refractivity contribution in [3.8, 4) is 0 Å². The lowest BCUT2D eigenvalue weighted by atomic mass is 9.91. The standard InChI is InChI=1S/C15H15Cl2NO4.ClH/c16-8-1-2-10(17)7(5-8)6-22-14(21)15(18)4-3-9-11(12(9)15)13(19)20;/h1-2,5,9,11-12H,3-4,6,18H2,(H,19,20);1H/t9-,11-,12-,15-;/m0./s1. The second-order valence-corrected chi connectivity index (χ2v) is 6.79. The summed E-state index contributed by atoms with van der Waals surface area (Å²) < 4.78 is 5.28. The third-order valence-corrected chi connectivity index (χ3v) is 5.29. The summed E-state index contributed by atoms with van der Waals surface area (Å²) in [4.78, 5) is 23.4. The van der Waals surface area contributed by atoms with Crippen molar-refractivity contribution in [1.29, 1.82) is 0 Å². The van der Waals surface area contributed by atoms with Crippen LogP contribution in [0.2, 0.25) is 10.0 Å². The van der Waals surface area contributed by atoms with Gasteiger partial charge in [-0.1, -0.05) is 23.2 Å². The van der Waals surface area contributed by atoms with Gasteiger partial charge in [0.2, 0.25) is 0 Å². The summed E-state index contributed by atoms with van der Waals surface area (Å²) in [7, 11) is 0. The molecule has 2 aliphatic rings. The third kappa shape index (κ3) is 3.15. The van der Waals surface area contributed by atoms with Gasteiger partial charge in [0.25, 0.3) is 0 Å². The number of carboxylic acids is 1. The van der Waals surface area contributed by atoms with Crippen molar-refractivity contribution in [1.82, 2.24) is 0 Å². The lowest BCUT2D eigenvalue weighted by Gasteiger charge is -2.24. The molecule has 23 heavy (non-hydrogen) atoms. The van der Waals surface area contributed by atoms with E-state index in [1.807, 2.05) is 0 Å². The molecule has 2 fully saturated rings. The average Bonchev–Trinajstić information content (AvgIpc) is 3.12. The van der Waals surface area contributed by atoms with Crippen molar-refractivity contribution in [2.24, 2.45) is 23.5 Å². The Bertz CT molecular complexity index is 654. The van der Waals surface area contributed by atoms with Crippen molar-refractivity contribution in [3.63, 3.8) is 0 Å². The minimum atomic E-state index is -1.21. The number of hydrogen-bond acceptors (Lipinski definition) is 4. The molecule has 3 rings (SSSR count). The maximum Gasteiger partial charge on any atom is 0.326 e. The maximum atomic E-state index is 12.3. The van der Waals surface area contributed by atoms with Crippen LogP contribution in [-0.4, -0.2) is 22.6 Å². The van der Waals surface area contributed by atoms with Crippen LogP contribution in [0.25, 0.3) is 0 Å².